The van der Waals surface area contributed by atoms with E-state index in [4.69, 9.17) is 4.74 Å². The third-order valence-electron chi connectivity index (χ3n) is 2.61. The molecule has 0 aliphatic rings. The second-order valence-electron chi connectivity index (χ2n) is 3.89. The monoisotopic (exact) mass is 336 g/mol. The molecule has 19 heavy (non-hydrogen) atoms. The number of carbonyl (C=O) groups is 1. The van der Waals surface area contributed by atoms with E-state index in [1.165, 1.54) is 12.0 Å². The van der Waals surface area contributed by atoms with E-state index >= 15 is 0 Å². The highest BCUT2D eigenvalue weighted by molar-refractivity contribution is 9.10. The van der Waals surface area contributed by atoms with Crippen molar-refractivity contribution in [2.45, 2.75) is 10.6 Å². The van der Waals surface area contributed by atoms with Gasteiger partial charge in [0.15, 0.2) is 0 Å². The summed E-state index contributed by atoms with van der Waals surface area (Å²) in [4.78, 5) is 12.9. The smallest absolute Gasteiger partial charge is 0.338 e. The first-order valence-corrected chi connectivity index (χ1v) is 7.53. The Morgan fingerprint density at radius 3 is 2.63 bits per heavy atom. The first-order chi connectivity index (χ1) is 9.20. The van der Waals surface area contributed by atoms with E-state index < -0.39 is 0 Å². The number of hydrogen-bond donors (Lipinski definition) is 0. The minimum Gasteiger partial charge on any atom is -0.465 e. The highest BCUT2D eigenvalue weighted by atomic mass is 79.9. The van der Waals surface area contributed by atoms with Gasteiger partial charge in [-0.1, -0.05) is 34.1 Å². The lowest BCUT2D eigenvalue weighted by Crippen LogP contribution is -2.05. The van der Waals surface area contributed by atoms with E-state index in [0.29, 0.717) is 5.56 Å². The van der Waals surface area contributed by atoms with E-state index in [0.717, 1.165) is 15.8 Å². The molecule has 0 aromatic heterocycles. The number of thioether (sulfide) groups is 1. The molecule has 0 amide bonds. The summed E-state index contributed by atoms with van der Waals surface area (Å²) >= 11 is 5.13. The van der Waals surface area contributed by atoms with Crippen LogP contribution in [0.25, 0.3) is 0 Å². The molecule has 0 aliphatic carbocycles. The summed E-state index contributed by atoms with van der Waals surface area (Å²) in [5.41, 5.74) is 1.59. The predicted molar refractivity (Wildman–Crippen MR) is 81.5 cm³/mol. The Kier molecular flexibility index (Phi) is 5.05. The van der Waals surface area contributed by atoms with Gasteiger partial charge in [-0.05, 0) is 35.9 Å². The average molecular weight is 337 g/mol. The Labute approximate surface area is 125 Å². The molecule has 2 nitrogen and oxygen atoms in total. The lowest BCUT2D eigenvalue weighted by Gasteiger charge is -2.08. The first kappa shape index (κ1) is 14.2. The molecular weight excluding hydrogens is 324 g/mol. The van der Waals surface area contributed by atoms with Crippen LogP contribution in [0.4, 0.5) is 0 Å². The minimum absolute atomic E-state index is 0.295. The van der Waals surface area contributed by atoms with Crippen LogP contribution in [0.2, 0.25) is 0 Å². The number of methoxy groups -OCH3 is 1. The maximum Gasteiger partial charge on any atom is 0.338 e. The van der Waals surface area contributed by atoms with Gasteiger partial charge in [-0.25, -0.2) is 4.79 Å². The largest absolute Gasteiger partial charge is 0.465 e. The summed E-state index contributed by atoms with van der Waals surface area (Å²) in [6, 6.07) is 15.7. The van der Waals surface area contributed by atoms with Crippen LogP contribution in [-0.4, -0.2) is 13.1 Å². The van der Waals surface area contributed by atoms with Crippen LogP contribution in [0.15, 0.2) is 57.9 Å². The van der Waals surface area contributed by atoms with Gasteiger partial charge in [0.1, 0.15) is 0 Å². The molecule has 0 saturated carbocycles. The molecule has 4 heteroatoms. The average Bonchev–Trinajstić information content (AvgIpc) is 2.45. The fourth-order valence-corrected chi connectivity index (χ4v) is 2.99. The highest BCUT2D eigenvalue weighted by Crippen LogP contribution is 2.26. The van der Waals surface area contributed by atoms with Gasteiger partial charge in [0.25, 0.3) is 0 Å². The standard InChI is InChI=1S/C15H13BrO2S/c1-18-15(17)14-8-7-12(16)9-11(14)10-19-13-5-3-2-4-6-13/h2-9H,10H2,1H3. The summed E-state index contributed by atoms with van der Waals surface area (Å²) in [6.07, 6.45) is 0. The molecule has 98 valence electrons. The van der Waals surface area contributed by atoms with Crippen LogP contribution in [-0.2, 0) is 10.5 Å². The summed E-state index contributed by atoms with van der Waals surface area (Å²) in [5.74, 6) is 0.435. The molecule has 0 saturated heterocycles. The third-order valence-corrected chi connectivity index (χ3v) is 4.16. The zero-order chi connectivity index (χ0) is 13.7. The van der Waals surface area contributed by atoms with Crippen LogP contribution < -0.4 is 0 Å². The van der Waals surface area contributed by atoms with E-state index in [-0.39, 0.29) is 5.97 Å². The number of hydrogen-bond acceptors (Lipinski definition) is 3. The van der Waals surface area contributed by atoms with E-state index in [1.54, 1.807) is 17.8 Å². The van der Waals surface area contributed by atoms with Crippen molar-refractivity contribution in [2.24, 2.45) is 0 Å². The van der Waals surface area contributed by atoms with Gasteiger partial charge in [-0.2, -0.15) is 0 Å². The Morgan fingerprint density at radius 2 is 1.95 bits per heavy atom. The van der Waals surface area contributed by atoms with Crippen molar-refractivity contribution in [1.29, 1.82) is 0 Å². The molecule has 0 atom stereocenters. The second-order valence-corrected chi connectivity index (χ2v) is 5.86. The van der Waals surface area contributed by atoms with Gasteiger partial charge >= 0.3 is 5.97 Å². The Morgan fingerprint density at radius 1 is 1.21 bits per heavy atom. The second kappa shape index (κ2) is 6.78. The number of halogens is 1. The number of esters is 1. The molecule has 0 bridgehead atoms. The molecule has 2 rings (SSSR count). The van der Waals surface area contributed by atoms with Gasteiger partial charge < -0.3 is 4.74 Å². The normalized spacial score (nSPS) is 10.2. The first-order valence-electron chi connectivity index (χ1n) is 5.75. The van der Waals surface area contributed by atoms with Gasteiger partial charge in [0, 0.05) is 15.1 Å². The van der Waals surface area contributed by atoms with E-state index in [1.807, 2.05) is 30.3 Å². The Balaban J connectivity index is 2.19. The van der Waals surface area contributed by atoms with Crippen LogP contribution in [0.3, 0.4) is 0 Å². The number of benzene rings is 2. The maximum atomic E-state index is 11.7. The molecule has 0 heterocycles. The van der Waals surface area contributed by atoms with Crippen LogP contribution in [0.1, 0.15) is 15.9 Å². The van der Waals surface area contributed by atoms with Crippen molar-refractivity contribution in [2.75, 3.05) is 7.11 Å². The topological polar surface area (TPSA) is 26.3 Å². The highest BCUT2D eigenvalue weighted by Gasteiger charge is 2.12. The van der Waals surface area contributed by atoms with Crippen molar-refractivity contribution in [3.63, 3.8) is 0 Å². The summed E-state index contributed by atoms with van der Waals surface area (Å²) in [5, 5.41) is 0. The zero-order valence-corrected chi connectivity index (χ0v) is 12.8. The minimum atomic E-state index is -0.295. The van der Waals surface area contributed by atoms with Crippen molar-refractivity contribution < 1.29 is 9.53 Å². The number of ether oxygens (including phenoxy) is 1. The zero-order valence-electron chi connectivity index (χ0n) is 10.4. The fourth-order valence-electron chi connectivity index (χ4n) is 1.67. The van der Waals surface area contributed by atoms with Crippen molar-refractivity contribution >= 4 is 33.7 Å². The molecule has 2 aromatic rings. The van der Waals surface area contributed by atoms with Crippen LogP contribution in [0, 0.1) is 0 Å². The third kappa shape index (κ3) is 3.85. The predicted octanol–water partition coefficient (Wildman–Crippen LogP) is 4.53. The van der Waals surface area contributed by atoms with E-state index in [2.05, 4.69) is 28.1 Å². The van der Waals surface area contributed by atoms with Crippen molar-refractivity contribution in [3.05, 3.63) is 64.1 Å². The van der Waals surface area contributed by atoms with Gasteiger partial charge in [0.05, 0.1) is 12.7 Å². The lowest BCUT2D eigenvalue weighted by molar-refractivity contribution is 0.0600. The molecule has 0 radical (unpaired) electrons. The lowest BCUT2D eigenvalue weighted by atomic mass is 10.1. The quantitative estimate of drug-likeness (QED) is 0.606. The fraction of sp³-hybridized carbons (Fsp3) is 0.133. The summed E-state index contributed by atoms with van der Waals surface area (Å²) < 4.78 is 5.77. The molecule has 0 fully saturated rings. The van der Waals surface area contributed by atoms with Crippen LogP contribution in [0.5, 0.6) is 0 Å². The maximum absolute atomic E-state index is 11.7. The van der Waals surface area contributed by atoms with Gasteiger partial charge in [-0.15, -0.1) is 11.8 Å². The van der Waals surface area contributed by atoms with Gasteiger partial charge in [-0.3, -0.25) is 0 Å². The molecule has 0 N–H and O–H groups in total. The van der Waals surface area contributed by atoms with Crippen LogP contribution >= 0.6 is 27.7 Å². The Bertz CT molecular complexity index is 570. The van der Waals surface area contributed by atoms with Crippen molar-refractivity contribution in [1.82, 2.24) is 0 Å². The Hall–Kier alpha value is -1.26. The number of carbonyl (C=O) groups excluding carboxylic acids is 1. The molecule has 0 aliphatic heterocycles. The molecule has 0 unspecified atom stereocenters. The molecular formula is C15H13BrO2S. The van der Waals surface area contributed by atoms with E-state index in [9.17, 15) is 4.79 Å². The summed E-state index contributed by atoms with van der Waals surface area (Å²) in [7, 11) is 1.40. The van der Waals surface area contributed by atoms with Crippen molar-refractivity contribution in [3.8, 4) is 0 Å². The molecule has 2 aromatic carbocycles. The number of rotatable bonds is 4. The SMILES string of the molecule is COC(=O)c1ccc(Br)cc1CSc1ccccc1. The molecule has 0 spiro atoms. The summed E-state index contributed by atoms with van der Waals surface area (Å²) in [6.45, 7) is 0. The van der Waals surface area contributed by atoms with Gasteiger partial charge in [0.2, 0.25) is 0 Å².